The largest absolute Gasteiger partial charge is 1.00 e. The zero-order chi connectivity index (χ0) is 21.1. The van der Waals surface area contributed by atoms with Gasteiger partial charge in [0.05, 0.1) is 19.0 Å². The van der Waals surface area contributed by atoms with E-state index in [1.807, 2.05) is 54.8 Å². The molecule has 168 valence electrons. The Morgan fingerprint density at radius 1 is 1.13 bits per heavy atom. The smallest absolute Gasteiger partial charge is 0.308 e. The molecule has 0 amide bonds. The molecule has 3 heterocycles. The molecule has 1 aromatic carbocycles. The number of piperidine rings is 1. The molecule has 1 aromatic heterocycles. The number of hydrogen-bond acceptors (Lipinski definition) is 4. The number of para-hydroxylation sites is 1. The lowest BCUT2D eigenvalue weighted by molar-refractivity contribution is -0.913. The van der Waals surface area contributed by atoms with E-state index in [0.717, 1.165) is 44.0 Å². The molecule has 1 saturated heterocycles. The highest BCUT2D eigenvalue weighted by molar-refractivity contribution is 5.71. The summed E-state index contributed by atoms with van der Waals surface area (Å²) < 4.78 is 13.7. The number of likely N-dealkylation sites (tertiary alicyclic amines) is 1. The Kier molecular flexibility index (Phi) is 7.79. The van der Waals surface area contributed by atoms with E-state index in [1.54, 1.807) is 6.07 Å². The topological polar surface area (TPSA) is 62.0 Å². The normalized spacial score (nSPS) is 22.7. The third kappa shape index (κ3) is 5.69. The summed E-state index contributed by atoms with van der Waals surface area (Å²) in [6.07, 6.45) is 0.830. The predicted molar refractivity (Wildman–Crippen MR) is 114 cm³/mol. The van der Waals surface area contributed by atoms with Gasteiger partial charge < -0.3 is 31.3 Å². The Bertz CT molecular complexity index is 931. The van der Waals surface area contributed by atoms with Crippen molar-refractivity contribution in [2.45, 2.75) is 38.8 Å². The summed E-state index contributed by atoms with van der Waals surface area (Å²) in [5.41, 5.74) is 1.25. The fourth-order valence-corrected chi connectivity index (χ4v) is 4.75. The second-order valence-electron chi connectivity index (χ2n) is 8.90. The van der Waals surface area contributed by atoms with Gasteiger partial charge in [0, 0.05) is 30.1 Å². The molecule has 0 spiro atoms. The number of halogens is 1. The highest BCUT2D eigenvalue weighted by Crippen LogP contribution is 2.30. The lowest BCUT2D eigenvalue weighted by atomic mass is 9.83. The second-order valence-corrected chi connectivity index (χ2v) is 8.90. The minimum Gasteiger partial charge on any atom is -1.00 e. The molecule has 1 fully saturated rings. The van der Waals surface area contributed by atoms with Gasteiger partial charge in [-0.1, -0.05) is 38.1 Å². The third-order valence-electron chi connectivity index (χ3n) is 6.12. The molecule has 7 heteroatoms. The van der Waals surface area contributed by atoms with Crippen LogP contribution in [0, 0.1) is 11.8 Å². The molecule has 4 atom stereocenters. The molecule has 2 unspecified atom stereocenters. The van der Waals surface area contributed by atoms with Gasteiger partial charge in [0.1, 0.15) is 18.9 Å². The van der Waals surface area contributed by atoms with Gasteiger partial charge in [-0.25, -0.2) is 0 Å². The number of aromatic nitrogens is 1. The molecular formula is C24H31ClN2O4. The van der Waals surface area contributed by atoms with Crippen molar-refractivity contribution in [1.82, 2.24) is 4.57 Å². The summed E-state index contributed by atoms with van der Waals surface area (Å²) in [5, 5.41) is 0. The SMILES string of the molecule is CC(C)C(=O)OC(COc1ccccc1)C[NH+]1C[C@@H]2C[C@@H](C1)c1cccc(=O)n1C2.[Cl-]. The Morgan fingerprint density at radius 3 is 2.65 bits per heavy atom. The maximum absolute atomic E-state index is 12.3. The fourth-order valence-electron chi connectivity index (χ4n) is 4.75. The molecule has 0 saturated carbocycles. The molecule has 6 nitrogen and oxygen atoms in total. The molecule has 2 aliphatic rings. The van der Waals surface area contributed by atoms with Gasteiger partial charge in [-0.15, -0.1) is 0 Å². The monoisotopic (exact) mass is 446 g/mol. The highest BCUT2D eigenvalue weighted by atomic mass is 35.5. The van der Waals surface area contributed by atoms with Crippen LogP contribution in [0.1, 0.15) is 31.9 Å². The molecule has 2 aromatic rings. The summed E-state index contributed by atoms with van der Waals surface area (Å²) in [4.78, 5) is 25.9. The van der Waals surface area contributed by atoms with Crippen molar-refractivity contribution < 1.29 is 31.6 Å². The summed E-state index contributed by atoms with van der Waals surface area (Å²) >= 11 is 0. The Labute approximate surface area is 189 Å². The molecule has 1 N–H and O–H groups in total. The number of carbonyl (C=O) groups excluding carboxylic acids is 1. The summed E-state index contributed by atoms with van der Waals surface area (Å²) in [6.45, 7) is 7.48. The maximum Gasteiger partial charge on any atom is 0.308 e. The second kappa shape index (κ2) is 10.3. The van der Waals surface area contributed by atoms with E-state index in [-0.39, 0.29) is 36.0 Å². The molecular weight excluding hydrogens is 416 g/mol. The van der Waals surface area contributed by atoms with Gasteiger partial charge in [0.25, 0.3) is 5.56 Å². The van der Waals surface area contributed by atoms with Crippen molar-refractivity contribution in [3.8, 4) is 5.75 Å². The number of carbonyl (C=O) groups is 1. The minimum absolute atomic E-state index is 0. The zero-order valence-electron chi connectivity index (χ0n) is 18.1. The van der Waals surface area contributed by atoms with Crippen LogP contribution in [0.3, 0.4) is 0 Å². The van der Waals surface area contributed by atoms with Crippen molar-refractivity contribution >= 4 is 5.97 Å². The number of ether oxygens (including phenoxy) is 2. The van der Waals surface area contributed by atoms with Crippen LogP contribution in [0.15, 0.2) is 53.3 Å². The third-order valence-corrected chi connectivity index (χ3v) is 6.12. The van der Waals surface area contributed by atoms with Crippen LogP contribution in [-0.4, -0.2) is 42.9 Å². The minimum atomic E-state index is -0.299. The van der Waals surface area contributed by atoms with E-state index in [1.165, 1.54) is 4.90 Å². The molecule has 0 aliphatic carbocycles. The first-order valence-corrected chi connectivity index (χ1v) is 10.9. The molecule has 0 radical (unpaired) electrons. The van der Waals surface area contributed by atoms with E-state index in [4.69, 9.17) is 9.47 Å². The van der Waals surface area contributed by atoms with Crippen LogP contribution >= 0.6 is 0 Å². The maximum atomic E-state index is 12.3. The van der Waals surface area contributed by atoms with Crippen LogP contribution in [-0.2, 0) is 16.1 Å². The number of fused-ring (bicyclic) bond motifs is 4. The van der Waals surface area contributed by atoms with Gasteiger partial charge in [-0.05, 0) is 24.6 Å². The number of nitrogens with zero attached hydrogens (tertiary/aromatic N) is 1. The van der Waals surface area contributed by atoms with E-state index in [0.29, 0.717) is 18.4 Å². The van der Waals surface area contributed by atoms with E-state index < -0.39 is 0 Å². The first-order valence-electron chi connectivity index (χ1n) is 10.9. The van der Waals surface area contributed by atoms with Crippen molar-refractivity contribution in [1.29, 1.82) is 0 Å². The quantitative estimate of drug-likeness (QED) is 0.526. The van der Waals surface area contributed by atoms with Gasteiger partial charge in [-0.2, -0.15) is 0 Å². The summed E-state index contributed by atoms with van der Waals surface area (Å²) in [7, 11) is 0. The van der Waals surface area contributed by atoms with Crippen molar-refractivity contribution in [2.24, 2.45) is 11.8 Å². The van der Waals surface area contributed by atoms with E-state index >= 15 is 0 Å². The van der Waals surface area contributed by atoms with Crippen LogP contribution < -0.4 is 27.6 Å². The van der Waals surface area contributed by atoms with Crippen molar-refractivity contribution in [2.75, 3.05) is 26.2 Å². The lowest BCUT2D eigenvalue weighted by Gasteiger charge is -2.41. The Morgan fingerprint density at radius 2 is 1.90 bits per heavy atom. The fraction of sp³-hybridized carbons (Fsp3) is 0.500. The highest BCUT2D eigenvalue weighted by Gasteiger charge is 2.38. The lowest BCUT2D eigenvalue weighted by Crippen LogP contribution is -3.15. The number of hydrogen-bond donors (Lipinski definition) is 1. The van der Waals surface area contributed by atoms with E-state index in [2.05, 4.69) is 6.07 Å². The number of rotatable bonds is 7. The Balaban J connectivity index is 0.00000272. The van der Waals surface area contributed by atoms with Crippen LogP contribution in [0.5, 0.6) is 5.75 Å². The molecule has 2 bridgehead atoms. The number of quaternary nitrogens is 1. The first-order chi connectivity index (χ1) is 14.5. The standard InChI is InChI=1S/C24H30N2O4.ClH/c1-17(2)24(28)30-21(16-29-20-7-4-3-5-8-20)15-25-12-18-11-19(14-25)22-9-6-10-23(27)26(22)13-18;/h3-10,17-19,21H,11-16H2,1-2H3;1H/t18-,19-,21?;/m0./s1. The number of esters is 1. The van der Waals surface area contributed by atoms with Gasteiger partial charge in [0.15, 0.2) is 6.10 Å². The van der Waals surface area contributed by atoms with Crippen molar-refractivity contribution in [3.63, 3.8) is 0 Å². The van der Waals surface area contributed by atoms with Crippen LogP contribution in [0.2, 0.25) is 0 Å². The van der Waals surface area contributed by atoms with Gasteiger partial charge in [-0.3, -0.25) is 9.59 Å². The Hall–Kier alpha value is -2.31. The number of benzene rings is 1. The van der Waals surface area contributed by atoms with E-state index in [9.17, 15) is 9.59 Å². The first kappa shape index (κ1) is 23.4. The number of pyridine rings is 1. The molecule has 31 heavy (non-hydrogen) atoms. The van der Waals surface area contributed by atoms with Crippen LogP contribution in [0.4, 0.5) is 0 Å². The predicted octanol–water partition coefficient (Wildman–Crippen LogP) is -1.50. The average Bonchev–Trinajstić information content (AvgIpc) is 2.73. The van der Waals surface area contributed by atoms with Crippen molar-refractivity contribution in [3.05, 3.63) is 64.6 Å². The van der Waals surface area contributed by atoms with Gasteiger partial charge >= 0.3 is 5.97 Å². The number of nitrogens with one attached hydrogen (secondary N) is 1. The van der Waals surface area contributed by atoms with Gasteiger partial charge in [0.2, 0.25) is 0 Å². The summed E-state index contributed by atoms with van der Waals surface area (Å²) in [6, 6.07) is 15.2. The molecule has 2 aliphatic heterocycles. The summed E-state index contributed by atoms with van der Waals surface area (Å²) in [5.74, 6) is 1.27. The molecule has 4 rings (SSSR count). The van der Waals surface area contributed by atoms with Crippen LogP contribution in [0.25, 0.3) is 0 Å². The zero-order valence-corrected chi connectivity index (χ0v) is 18.9. The average molecular weight is 447 g/mol.